The maximum absolute atomic E-state index is 11.8. The maximum Gasteiger partial charge on any atom is 0.342 e. The Morgan fingerprint density at radius 2 is 2.32 bits per heavy atom. The monoisotopic (exact) mass is 264 g/mol. The molecule has 0 fully saturated rings. The van der Waals surface area contributed by atoms with Gasteiger partial charge in [0.15, 0.2) is 0 Å². The van der Waals surface area contributed by atoms with Crippen LogP contribution >= 0.6 is 0 Å². The SMILES string of the molecule is CC(=O)OCCCC1Cc2cccc(O)c2C(=O)O1. The van der Waals surface area contributed by atoms with Gasteiger partial charge in [0.05, 0.1) is 6.61 Å². The van der Waals surface area contributed by atoms with Crippen LogP contribution in [-0.4, -0.2) is 29.8 Å². The standard InChI is InChI=1S/C14H16O5/c1-9(15)18-7-3-5-11-8-10-4-2-6-12(16)13(10)14(17)19-11/h2,4,6,11,16H,3,5,7-8H2,1H3. The molecule has 0 saturated carbocycles. The number of phenolic OH excluding ortho intramolecular Hbond substituents is 1. The Morgan fingerprint density at radius 3 is 3.05 bits per heavy atom. The van der Waals surface area contributed by atoms with Crippen molar-refractivity contribution in [1.82, 2.24) is 0 Å². The number of fused-ring (bicyclic) bond motifs is 1. The highest BCUT2D eigenvalue weighted by Gasteiger charge is 2.28. The van der Waals surface area contributed by atoms with E-state index in [-0.39, 0.29) is 23.4 Å². The van der Waals surface area contributed by atoms with Crippen molar-refractivity contribution >= 4 is 11.9 Å². The quantitative estimate of drug-likeness (QED) is 0.663. The molecule has 2 rings (SSSR count). The molecule has 1 aliphatic rings. The minimum absolute atomic E-state index is 0.0409. The summed E-state index contributed by atoms with van der Waals surface area (Å²) in [7, 11) is 0. The van der Waals surface area contributed by atoms with E-state index in [1.54, 1.807) is 6.07 Å². The molecule has 1 aromatic rings. The number of benzene rings is 1. The van der Waals surface area contributed by atoms with Gasteiger partial charge >= 0.3 is 11.9 Å². The molecule has 1 aliphatic heterocycles. The van der Waals surface area contributed by atoms with Gasteiger partial charge in [-0.3, -0.25) is 4.79 Å². The summed E-state index contributed by atoms with van der Waals surface area (Å²) in [4.78, 5) is 22.4. The van der Waals surface area contributed by atoms with Gasteiger partial charge in [-0.05, 0) is 24.5 Å². The van der Waals surface area contributed by atoms with Crippen LogP contribution in [0.3, 0.4) is 0 Å². The molecular formula is C14H16O5. The van der Waals surface area contributed by atoms with Crippen LogP contribution < -0.4 is 0 Å². The van der Waals surface area contributed by atoms with Crippen LogP contribution in [0.5, 0.6) is 5.75 Å². The number of carbonyl (C=O) groups excluding carboxylic acids is 2. The third-order valence-corrected chi connectivity index (χ3v) is 3.03. The summed E-state index contributed by atoms with van der Waals surface area (Å²) in [6, 6.07) is 5.00. The van der Waals surface area contributed by atoms with Crippen molar-refractivity contribution in [1.29, 1.82) is 0 Å². The molecule has 1 aromatic carbocycles. The molecule has 0 aliphatic carbocycles. The van der Waals surface area contributed by atoms with E-state index in [0.717, 1.165) is 5.56 Å². The molecule has 1 N–H and O–H groups in total. The predicted molar refractivity (Wildman–Crippen MR) is 66.9 cm³/mol. The van der Waals surface area contributed by atoms with Gasteiger partial charge in [0, 0.05) is 13.3 Å². The molecule has 0 spiro atoms. The molecule has 0 bridgehead atoms. The third kappa shape index (κ3) is 3.24. The fourth-order valence-electron chi connectivity index (χ4n) is 2.18. The minimum Gasteiger partial charge on any atom is -0.507 e. The molecule has 0 amide bonds. The molecule has 1 heterocycles. The van der Waals surface area contributed by atoms with Crippen LogP contribution in [0, 0.1) is 0 Å². The topological polar surface area (TPSA) is 72.8 Å². The summed E-state index contributed by atoms with van der Waals surface area (Å²) in [6.07, 6.45) is 1.63. The normalized spacial score (nSPS) is 17.5. The zero-order valence-corrected chi connectivity index (χ0v) is 10.7. The predicted octanol–water partition coefficient (Wildman–Crippen LogP) is 1.82. The van der Waals surface area contributed by atoms with Gasteiger partial charge in [0.25, 0.3) is 0 Å². The second kappa shape index (κ2) is 5.73. The van der Waals surface area contributed by atoms with E-state index in [9.17, 15) is 14.7 Å². The number of hydrogen-bond donors (Lipinski definition) is 1. The van der Waals surface area contributed by atoms with Crippen molar-refractivity contribution in [3.8, 4) is 5.75 Å². The van der Waals surface area contributed by atoms with E-state index >= 15 is 0 Å². The number of rotatable bonds is 4. The molecule has 1 atom stereocenters. The van der Waals surface area contributed by atoms with E-state index in [0.29, 0.717) is 25.9 Å². The fraction of sp³-hybridized carbons (Fsp3) is 0.429. The van der Waals surface area contributed by atoms with Gasteiger partial charge in [0.2, 0.25) is 0 Å². The minimum atomic E-state index is -0.489. The van der Waals surface area contributed by atoms with E-state index in [4.69, 9.17) is 9.47 Å². The lowest BCUT2D eigenvalue weighted by Crippen LogP contribution is -2.28. The van der Waals surface area contributed by atoms with Gasteiger partial charge in [-0.25, -0.2) is 4.79 Å². The maximum atomic E-state index is 11.8. The summed E-state index contributed by atoms with van der Waals surface area (Å²) >= 11 is 0. The summed E-state index contributed by atoms with van der Waals surface area (Å²) < 4.78 is 10.1. The molecule has 0 aromatic heterocycles. The van der Waals surface area contributed by atoms with Crippen LogP contribution in [0.2, 0.25) is 0 Å². The second-order valence-electron chi connectivity index (χ2n) is 4.52. The lowest BCUT2D eigenvalue weighted by atomic mass is 9.96. The Labute approximate surface area is 111 Å². The summed E-state index contributed by atoms with van der Waals surface area (Å²) in [5.41, 5.74) is 1.06. The largest absolute Gasteiger partial charge is 0.507 e. The van der Waals surface area contributed by atoms with Gasteiger partial charge in [-0.1, -0.05) is 12.1 Å². The van der Waals surface area contributed by atoms with E-state index < -0.39 is 5.97 Å². The van der Waals surface area contributed by atoms with Gasteiger partial charge in [-0.15, -0.1) is 0 Å². The van der Waals surface area contributed by atoms with Crippen molar-refractivity contribution in [2.75, 3.05) is 6.61 Å². The highest BCUT2D eigenvalue weighted by atomic mass is 16.5. The number of cyclic esters (lactones) is 1. The number of esters is 2. The highest BCUT2D eigenvalue weighted by Crippen LogP contribution is 2.29. The number of ether oxygens (including phenoxy) is 2. The van der Waals surface area contributed by atoms with Crippen LogP contribution in [-0.2, 0) is 20.7 Å². The van der Waals surface area contributed by atoms with Crippen LogP contribution in [0.4, 0.5) is 0 Å². The van der Waals surface area contributed by atoms with Crippen molar-refractivity contribution in [2.24, 2.45) is 0 Å². The molecule has 1 unspecified atom stereocenters. The molecule has 0 saturated heterocycles. The molecule has 5 nitrogen and oxygen atoms in total. The van der Waals surface area contributed by atoms with E-state index in [1.165, 1.54) is 13.0 Å². The average molecular weight is 264 g/mol. The first-order chi connectivity index (χ1) is 9.08. The van der Waals surface area contributed by atoms with Crippen LogP contribution in [0.25, 0.3) is 0 Å². The second-order valence-corrected chi connectivity index (χ2v) is 4.52. The number of hydrogen-bond acceptors (Lipinski definition) is 5. The highest BCUT2D eigenvalue weighted by molar-refractivity contribution is 5.95. The Morgan fingerprint density at radius 1 is 1.53 bits per heavy atom. The zero-order chi connectivity index (χ0) is 13.8. The first-order valence-corrected chi connectivity index (χ1v) is 6.23. The molecule has 5 heteroatoms. The van der Waals surface area contributed by atoms with Crippen molar-refractivity contribution < 1.29 is 24.2 Å². The van der Waals surface area contributed by atoms with Crippen LogP contribution in [0.15, 0.2) is 18.2 Å². The Bertz CT molecular complexity index is 495. The fourth-order valence-corrected chi connectivity index (χ4v) is 2.18. The number of aromatic hydroxyl groups is 1. The summed E-state index contributed by atoms with van der Waals surface area (Å²) in [5.74, 6) is -0.839. The molecular weight excluding hydrogens is 248 g/mol. The molecule has 102 valence electrons. The lowest BCUT2D eigenvalue weighted by Gasteiger charge is -2.25. The van der Waals surface area contributed by atoms with Gasteiger partial charge in [0.1, 0.15) is 17.4 Å². The Hall–Kier alpha value is -2.04. The Kier molecular flexibility index (Phi) is 4.04. The van der Waals surface area contributed by atoms with E-state index in [2.05, 4.69) is 0 Å². The van der Waals surface area contributed by atoms with Crippen molar-refractivity contribution in [3.63, 3.8) is 0 Å². The van der Waals surface area contributed by atoms with E-state index in [1.807, 2.05) is 6.07 Å². The first-order valence-electron chi connectivity index (χ1n) is 6.23. The molecule has 19 heavy (non-hydrogen) atoms. The molecule has 0 radical (unpaired) electrons. The zero-order valence-electron chi connectivity index (χ0n) is 10.7. The third-order valence-electron chi connectivity index (χ3n) is 3.03. The van der Waals surface area contributed by atoms with Crippen molar-refractivity contribution in [3.05, 3.63) is 29.3 Å². The average Bonchev–Trinajstić information content (AvgIpc) is 2.34. The van der Waals surface area contributed by atoms with Gasteiger partial charge in [-0.2, -0.15) is 0 Å². The van der Waals surface area contributed by atoms with Crippen molar-refractivity contribution in [2.45, 2.75) is 32.3 Å². The first kappa shape index (κ1) is 13.4. The smallest absolute Gasteiger partial charge is 0.342 e. The number of carbonyl (C=O) groups is 2. The number of phenols is 1. The lowest BCUT2D eigenvalue weighted by molar-refractivity contribution is -0.141. The van der Waals surface area contributed by atoms with Gasteiger partial charge < -0.3 is 14.6 Å². The van der Waals surface area contributed by atoms with Crippen LogP contribution in [0.1, 0.15) is 35.7 Å². The summed E-state index contributed by atoms with van der Waals surface area (Å²) in [5, 5.41) is 9.63. The summed E-state index contributed by atoms with van der Waals surface area (Å²) in [6.45, 7) is 1.69. The Balaban J connectivity index is 1.94.